The molecule has 1 heterocycles. The van der Waals surface area contributed by atoms with E-state index in [0.717, 1.165) is 16.5 Å². The van der Waals surface area contributed by atoms with Gasteiger partial charge in [-0.2, -0.15) is 0 Å². The molecule has 0 atom stereocenters. The van der Waals surface area contributed by atoms with Crippen LogP contribution in [0.3, 0.4) is 0 Å². The molecule has 0 aliphatic rings. The summed E-state index contributed by atoms with van der Waals surface area (Å²) in [6, 6.07) is 9.08. The van der Waals surface area contributed by atoms with Crippen LogP contribution in [0, 0.1) is 6.92 Å². The highest BCUT2D eigenvalue weighted by atomic mass is 35.5. The summed E-state index contributed by atoms with van der Waals surface area (Å²) >= 11 is 6.12. The molecule has 0 aliphatic heterocycles. The molecule has 0 aliphatic carbocycles. The van der Waals surface area contributed by atoms with E-state index in [0.29, 0.717) is 28.0 Å². The zero-order valence-electron chi connectivity index (χ0n) is 15.6. The third-order valence-electron chi connectivity index (χ3n) is 4.35. The minimum Gasteiger partial charge on any atom is -0.497 e. The number of aryl methyl sites for hydroxylation is 1. The first-order chi connectivity index (χ1) is 13.0. The van der Waals surface area contributed by atoms with E-state index in [1.807, 2.05) is 35.9 Å². The van der Waals surface area contributed by atoms with E-state index < -0.39 is 0 Å². The van der Waals surface area contributed by atoms with Crippen molar-refractivity contribution in [3.63, 3.8) is 0 Å². The highest BCUT2D eigenvalue weighted by Crippen LogP contribution is 2.33. The Hall–Kier alpha value is -2.86. The number of carbonyl (C=O) groups is 1. The minimum absolute atomic E-state index is 0.130. The van der Waals surface area contributed by atoms with E-state index >= 15 is 0 Å². The molecule has 1 N–H and O–H groups in total. The van der Waals surface area contributed by atoms with Gasteiger partial charge in [0.05, 0.1) is 32.5 Å². The number of rotatable bonds is 6. The first-order valence-electron chi connectivity index (χ1n) is 8.31. The highest BCUT2D eigenvalue weighted by Gasteiger charge is 2.14. The number of anilines is 1. The van der Waals surface area contributed by atoms with Crippen molar-refractivity contribution in [3.05, 3.63) is 47.1 Å². The average Bonchev–Trinajstić information content (AvgIpc) is 3.06. The fraction of sp³-hybridized carbons (Fsp3) is 0.250. The average molecular weight is 389 g/mol. The van der Waals surface area contributed by atoms with Crippen LogP contribution in [0.5, 0.6) is 17.2 Å². The van der Waals surface area contributed by atoms with E-state index in [1.54, 1.807) is 26.4 Å². The van der Waals surface area contributed by atoms with Crippen LogP contribution in [0.25, 0.3) is 10.9 Å². The zero-order chi connectivity index (χ0) is 19.6. The van der Waals surface area contributed by atoms with Gasteiger partial charge in [-0.3, -0.25) is 4.79 Å². The number of fused-ring (bicyclic) bond motifs is 1. The standard InChI is InChI=1S/C20H21ClN2O4/c1-12-7-16(19(27-4)10-15(12)21)22-20(24)11-23-6-5-14-17(23)8-13(25-2)9-18(14)26-3/h5-10H,11H2,1-4H3,(H,22,24). The van der Waals surface area contributed by atoms with E-state index in [1.165, 1.54) is 7.11 Å². The van der Waals surface area contributed by atoms with Crippen LogP contribution in [-0.2, 0) is 11.3 Å². The van der Waals surface area contributed by atoms with Crippen LogP contribution < -0.4 is 19.5 Å². The summed E-state index contributed by atoms with van der Waals surface area (Å²) in [6.07, 6.45) is 1.84. The molecule has 0 fully saturated rings. The van der Waals surface area contributed by atoms with Crippen LogP contribution in [0.2, 0.25) is 5.02 Å². The Morgan fingerprint density at radius 1 is 1.07 bits per heavy atom. The summed E-state index contributed by atoms with van der Waals surface area (Å²) in [5.74, 6) is 1.68. The van der Waals surface area contributed by atoms with Crippen molar-refractivity contribution in [1.29, 1.82) is 0 Å². The summed E-state index contributed by atoms with van der Waals surface area (Å²) in [7, 11) is 4.73. The van der Waals surface area contributed by atoms with Crippen molar-refractivity contribution >= 4 is 34.1 Å². The number of ether oxygens (including phenoxy) is 3. The van der Waals surface area contributed by atoms with Gasteiger partial charge in [-0.15, -0.1) is 0 Å². The van der Waals surface area contributed by atoms with E-state index in [-0.39, 0.29) is 12.5 Å². The number of benzene rings is 2. The van der Waals surface area contributed by atoms with Gasteiger partial charge in [0.2, 0.25) is 5.91 Å². The number of halogens is 1. The SMILES string of the molecule is COc1cc(OC)c2ccn(CC(=O)Nc3cc(C)c(Cl)cc3OC)c2c1. The van der Waals surface area contributed by atoms with Crippen LogP contribution in [0.4, 0.5) is 5.69 Å². The lowest BCUT2D eigenvalue weighted by Crippen LogP contribution is -2.18. The molecular weight excluding hydrogens is 368 g/mol. The Labute approximate surface area is 162 Å². The summed E-state index contributed by atoms with van der Waals surface area (Å²) in [5.41, 5.74) is 2.28. The first kappa shape index (κ1) is 18.9. The monoisotopic (exact) mass is 388 g/mol. The molecule has 0 bridgehead atoms. The van der Waals surface area contributed by atoms with Gasteiger partial charge in [0.15, 0.2) is 0 Å². The Bertz CT molecular complexity index is 997. The van der Waals surface area contributed by atoms with Gasteiger partial charge in [-0.1, -0.05) is 11.6 Å². The molecule has 2 aromatic carbocycles. The van der Waals surface area contributed by atoms with Gasteiger partial charge >= 0.3 is 0 Å². The van der Waals surface area contributed by atoms with Gasteiger partial charge < -0.3 is 24.1 Å². The molecular formula is C20H21ClN2O4. The maximum absolute atomic E-state index is 12.6. The maximum Gasteiger partial charge on any atom is 0.244 e. The van der Waals surface area contributed by atoms with Gasteiger partial charge in [0, 0.05) is 34.8 Å². The number of methoxy groups -OCH3 is 3. The van der Waals surface area contributed by atoms with Crippen molar-refractivity contribution in [2.24, 2.45) is 0 Å². The molecule has 1 amide bonds. The van der Waals surface area contributed by atoms with Crippen molar-refractivity contribution in [3.8, 4) is 17.2 Å². The predicted molar refractivity (Wildman–Crippen MR) is 106 cm³/mol. The molecule has 6 nitrogen and oxygen atoms in total. The number of aromatic nitrogens is 1. The number of hydrogen-bond donors (Lipinski definition) is 1. The number of hydrogen-bond acceptors (Lipinski definition) is 4. The highest BCUT2D eigenvalue weighted by molar-refractivity contribution is 6.31. The first-order valence-corrected chi connectivity index (χ1v) is 8.69. The number of nitrogens with one attached hydrogen (secondary N) is 1. The van der Waals surface area contributed by atoms with Crippen LogP contribution in [0.15, 0.2) is 36.5 Å². The molecule has 0 saturated carbocycles. The van der Waals surface area contributed by atoms with E-state index in [2.05, 4.69) is 5.32 Å². The maximum atomic E-state index is 12.6. The number of carbonyl (C=O) groups excluding carboxylic acids is 1. The van der Waals surface area contributed by atoms with Gasteiger partial charge in [-0.25, -0.2) is 0 Å². The topological polar surface area (TPSA) is 61.7 Å². The summed E-state index contributed by atoms with van der Waals surface area (Å²) in [6.45, 7) is 2.00. The third-order valence-corrected chi connectivity index (χ3v) is 4.76. The normalized spacial score (nSPS) is 10.7. The van der Waals surface area contributed by atoms with E-state index in [9.17, 15) is 4.79 Å². The lowest BCUT2D eigenvalue weighted by molar-refractivity contribution is -0.116. The molecule has 27 heavy (non-hydrogen) atoms. The molecule has 142 valence electrons. The van der Waals surface area contributed by atoms with Crippen molar-refractivity contribution < 1.29 is 19.0 Å². The summed E-state index contributed by atoms with van der Waals surface area (Å²) in [4.78, 5) is 12.6. The van der Waals surface area contributed by atoms with Gasteiger partial charge in [0.25, 0.3) is 0 Å². The second-order valence-corrected chi connectivity index (χ2v) is 6.46. The zero-order valence-corrected chi connectivity index (χ0v) is 16.4. The molecule has 7 heteroatoms. The molecule has 0 unspecified atom stereocenters. The smallest absolute Gasteiger partial charge is 0.244 e. The second kappa shape index (κ2) is 7.80. The minimum atomic E-state index is -0.186. The van der Waals surface area contributed by atoms with Crippen molar-refractivity contribution in [2.75, 3.05) is 26.6 Å². The number of amides is 1. The quantitative estimate of drug-likeness (QED) is 0.685. The molecule has 1 aromatic heterocycles. The van der Waals surface area contributed by atoms with Gasteiger partial charge in [0.1, 0.15) is 23.8 Å². The van der Waals surface area contributed by atoms with Crippen LogP contribution in [0.1, 0.15) is 5.56 Å². The Morgan fingerprint density at radius 3 is 2.48 bits per heavy atom. The fourth-order valence-corrected chi connectivity index (χ4v) is 3.09. The number of nitrogens with zero attached hydrogens (tertiary/aromatic N) is 1. The third kappa shape index (κ3) is 3.80. The molecule has 3 rings (SSSR count). The fourth-order valence-electron chi connectivity index (χ4n) is 2.94. The Morgan fingerprint density at radius 2 is 1.81 bits per heavy atom. The Kier molecular flexibility index (Phi) is 5.46. The lowest BCUT2D eigenvalue weighted by Gasteiger charge is -2.13. The van der Waals surface area contributed by atoms with Gasteiger partial charge in [-0.05, 0) is 24.6 Å². The predicted octanol–water partition coefficient (Wildman–Crippen LogP) is 4.27. The largest absolute Gasteiger partial charge is 0.497 e. The summed E-state index contributed by atoms with van der Waals surface area (Å²) < 4.78 is 17.9. The Balaban J connectivity index is 1.88. The van der Waals surface area contributed by atoms with E-state index in [4.69, 9.17) is 25.8 Å². The second-order valence-electron chi connectivity index (χ2n) is 6.06. The molecule has 0 spiro atoms. The van der Waals surface area contributed by atoms with Crippen molar-refractivity contribution in [1.82, 2.24) is 4.57 Å². The molecule has 0 radical (unpaired) electrons. The van der Waals surface area contributed by atoms with Crippen LogP contribution >= 0.6 is 11.6 Å². The summed E-state index contributed by atoms with van der Waals surface area (Å²) in [5, 5.41) is 4.38. The lowest BCUT2D eigenvalue weighted by atomic mass is 10.2. The van der Waals surface area contributed by atoms with Crippen molar-refractivity contribution in [2.45, 2.75) is 13.5 Å². The molecule has 0 saturated heterocycles. The van der Waals surface area contributed by atoms with Crippen LogP contribution in [-0.4, -0.2) is 31.8 Å². The molecule has 3 aromatic rings.